The summed E-state index contributed by atoms with van der Waals surface area (Å²) in [6.45, 7) is 0. The molecule has 0 saturated carbocycles. The molecule has 0 unspecified atom stereocenters. The van der Waals surface area contributed by atoms with Crippen LogP contribution in [0.1, 0.15) is 5.69 Å². The van der Waals surface area contributed by atoms with Crippen molar-refractivity contribution in [3.8, 4) is 10.6 Å². The van der Waals surface area contributed by atoms with Crippen molar-refractivity contribution in [3.63, 3.8) is 0 Å². The highest BCUT2D eigenvalue weighted by Crippen LogP contribution is 2.28. The fourth-order valence-corrected chi connectivity index (χ4v) is 5.88. The Balaban J connectivity index is 1.37. The zero-order valence-electron chi connectivity index (χ0n) is 14.7. The fourth-order valence-electron chi connectivity index (χ4n) is 2.41. The van der Waals surface area contributed by atoms with Crippen LogP contribution in [0.5, 0.6) is 0 Å². The molecule has 0 atom stereocenters. The van der Waals surface area contributed by atoms with E-state index in [1.165, 1.54) is 23.5 Å². The lowest BCUT2D eigenvalue weighted by Gasteiger charge is -2.04. The lowest BCUT2D eigenvalue weighted by atomic mass is 10.3. The van der Waals surface area contributed by atoms with Crippen LogP contribution in [0, 0.1) is 0 Å². The molecule has 11 heteroatoms. The lowest BCUT2D eigenvalue weighted by Crippen LogP contribution is -2.15. The number of nitrogens with one attached hydrogen (secondary N) is 2. The first-order valence-electron chi connectivity index (χ1n) is 8.31. The van der Waals surface area contributed by atoms with Gasteiger partial charge in [0.05, 0.1) is 27.6 Å². The van der Waals surface area contributed by atoms with Gasteiger partial charge in [-0.1, -0.05) is 24.3 Å². The fraction of sp³-hybridized carbons (Fsp3) is 0.0556. The monoisotopic (exact) mass is 462 g/mol. The molecule has 2 N–H and O–H groups in total. The maximum Gasteiger partial charge on any atom is 0.263 e. The van der Waals surface area contributed by atoms with Gasteiger partial charge in [-0.2, -0.15) is 0 Å². The van der Waals surface area contributed by atoms with Crippen molar-refractivity contribution < 1.29 is 13.2 Å². The summed E-state index contributed by atoms with van der Waals surface area (Å²) in [5.41, 5.74) is 1.31. The molecule has 148 valence electrons. The van der Waals surface area contributed by atoms with E-state index in [2.05, 4.69) is 20.0 Å². The predicted octanol–water partition coefficient (Wildman–Crippen LogP) is 4.31. The summed E-state index contributed by atoms with van der Waals surface area (Å²) in [6, 6.07) is 12.0. The molecule has 1 amide bonds. The normalized spacial score (nSPS) is 11.3. The van der Waals surface area contributed by atoms with Crippen molar-refractivity contribution in [2.24, 2.45) is 0 Å². The molecule has 1 aromatic carbocycles. The highest BCUT2D eigenvalue weighted by molar-refractivity contribution is 7.93. The molecule has 4 aromatic rings. The average molecular weight is 463 g/mol. The van der Waals surface area contributed by atoms with Crippen molar-refractivity contribution >= 4 is 60.2 Å². The Hall–Kier alpha value is -2.60. The lowest BCUT2D eigenvalue weighted by molar-refractivity contribution is -0.115. The minimum Gasteiger partial charge on any atom is -0.302 e. The number of nitrogens with zero attached hydrogens (tertiary/aromatic N) is 2. The molecule has 0 spiro atoms. The molecule has 0 saturated heterocycles. The second-order valence-electron chi connectivity index (χ2n) is 5.80. The van der Waals surface area contributed by atoms with Gasteiger partial charge in [0.25, 0.3) is 10.0 Å². The zero-order chi connectivity index (χ0) is 20.3. The van der Waals surface area contributed by atoms with Gasteiger partial charge in [-0.15, -0.1) is 34.0 Å². The molecule has 0 aliphatic heterocycles. The van der Waals surface area contributed by atoms with Gasteiger partial charge in [0, 0.05) is 10.8 Å². The molecule has 0 bridgehead atoms. The Kier molecular flexibility index (Phi) is 5.72. The molecule has 29 heavy (non-hydrogen) atoms. The third kappa shape index (κ3) is 4.88. The number of hydrogen-bond donors (Lipinski definition) is 2. The first-order valence-corrected chi connectivity index (χ1v) is 12.4. The van der Waals surface area contributed by atoms with Crippen molar-refractivity contribution in [2.45, 2.75) is 11.3 Å². The van der Waals surface area contributed by atoms with Crippen LogP contribution < -0.4 is 10.0 Å². The molecule has 0 radical (unpaired) electrons. The summed E-state index contributed by atoms with van der Waals surface area (Å²) >= 11 is 4.06. The molecule has 3 heterocycles. The number of carbonyl (C=O) groups is 1. The van der Waals surface area contributed by atoms with Gasteiger partial charge in [-0.25, -0.2) is 18.4 Å². The SMILES string of the molecule is O=C(Cc1csc(NS(=O)(=O)c2ccccc2)n1)Nc1nc(-c2cccs2)cs1. The van der Waals surface area contributed by atoms with E-state index in [-0.39, 0.29) is 22.4 Å². The number of benzene rings is 1. The Morgan fingerprint density at radius 2 is 1.72 bits per heavy atom. The number of aromatic nitrogens is 2. The molecule has 0 fully saturated rings. The first-order chi connectivity index (χ1) is 14.0. The van der Waals surface area contributed by atoms with Gasteiger partial charge < -0.3 is 5.32 Å². The zero-order valence-corrected chi connectivity index (χ0v) is 18.0. The van der Waals surface area contributed by atoms with Crippen LogP contribution in [0.4, 0.5) is 10.3 Å². The van der Waals surface area contributed by atoms with E-state index in [9.17, 15) is 13.2 Å². The predicted molar refractivity (Wildman–Crippen MR) is 117 cm³/mol. The number of thiazole rings is 2. The molecule has 3 aromatic heterocycles. The third-order valence-electron chi connectivity index (χ3n) is 3.69. The van der Waals surface area contributed by atoms with Gasteiger partial charge in [0.2, 0.25) is 5.91 Å². The van der Waals surface area contributed by atoms with E-state index in [0.717, 1.165) is 21.9 Å². The van der Waals surface area contributed by atoms with Gasteiger partial charge in [0.15, 0.2) is 10.3 Å². The largest absolute Gasteiger partial charge is 0.302 e. The number of sulfonamides is 1. The second kappa shape index (κ2) is 8.41. The number of hydrogen-bond acceptors (Lipinski definition) is 8. The van der Waals surface area contributed by atoms with Crippen LogP contribution in [-0.2, 0) is 21.2 Å². The summed E-state index contributed by atoms with van der Waals surface area (Å²) in [7, 11) is -3.71. The molecular formula is C18H14N4O3S4. The molecule has 0 aliphatic rings. The number of carbonyl (C=O) groups excluding carboxylic acids is 1. The Bertz CT molecular complexity index is 1220. The minimum absolute atomic E-state index is 0.0253. The van der Waals surface area contributed by atoms with E-state index in [4.69, 9.17) is 0 Å². The summed E-state index contributed by atoms with van der Waals surface area (Å²) in [5, 5.41) is 9.00. The summed E-state index contributed by atoms with van der Waals surface area (Å²) in [4.78, 5) is 22.1. The topological polar surface area (TPSA) is 101 Å². The van der Waals surface area contributed by atoms with Crippen LogP contribution >= 0.6 is 34.0 Å². The second-order valence-corrected chi connectivity index (χ2v) is 10.1. The van der Waals surface area contributed by atoms with E-state index in [1.807, 2.05) is 22.9 Å². The maximum absolute atomic E-state index is 12.3. The Morgan fingerprint density at radius 3 is 2.48 bits per heavy atom. The molecule has 4 rings (SSSR count). The summed E-state index contributed by atoms with van der Waals surface area (Å²) < 4.78 is 27.1. The van der Waals surface area contributed by atoms with E-state index in [1.54, 1.807) is 34.9 Å². The van der Waals surface area contributed by atoms with Gasteiger partial charge >= 0.3 is 0 Å². The smallest absolute Gasteiger partial charge is 0.263 e. The van der Waals surface area contributed by atoms with Crippen molar-refractivity contribution in [1.29, 1.82) is 0 Å². The number of amides is 1. The van der Waals surface area contributed by atoms with Crippen molar-refractivity contribution in [1.82, 2.24) is 9.97 Å². The number of thiophene rings is 1. The van der Waals surface area contributed by atoms with E-state index < -0.39 is 10.0 Å². The highest BCUT2D eigenvalue weighted by atomic mass is 32.2. The molecule has 0 aliphatic carbocycles. The third-order valence-corrected chi connectivity index (χ3v) is 7.63. The number of anilines is 2. The van der Waals surface area contributed by atoms with Gasteiger partial charge in [-0.05, 0) is 23.6 Å². The van der Waals surface area contributed by atoms with Crippen LogP contribution in [0.15, 0.2) is 63.5 Å². The quantitative estimate of drug-likeness (QED) is 0.426. The van der Waals surface area contributed by atoms with Crippen LogP contribution in [-0.4, -0.2) is 24.3 Å². The van der Waals surface area contributed by atoms with Crippen LogP contribution in [0.25, 0.3) is 10.6 Å². The van der Waals surface area contributed by atoms with Crippen LogP contribution in [0.3, 0.4) is 0 Å². The Labute approximate surface area is 179 Å². The summed E-state index contributed by atoms with van der Waals surface area (Å²) in [5.74, 6) is -0.264. The van der Waals surface area contributed by atoms with E-state index >= 15 is 0 Å². The molecular weight excluding hydrogens is 448 g/mol. The van der Waals surface area contributed by atoms with Crippen molar-refractivity contribution in [2.75, 3.05) is 10.0 Å². The maximum atomic E-state index is 12.3. The average Bonchev–Trinajstić information content (AvgIpc) is 3.44. The van der Waals surface area contributed by atoms with Gasteiger partial charge in [-0.3, -0.25) is 9.52 Å². The van der Waals surface area contributed by atoms with Crippen molar-refractivity contribution in [3.05, 3.63) is 64.3 Å². The Morgan fingerprint density at radius 1 is 0.931 bits per heavy atom. The van der Waals surface area contributed by atoms with E-state index in [0.29, 0.717) is 10.8 Å². The summed E-state index contributed by atoms with van der Waals surface area (Å²) in [6.07, 6.45) is 0.0253. The van der Waals surface area contributed by atoms with Crippen LogP contribution in [0.2, 0.25) is 0 Å². The number of rotatable bonds is 7. The minimum atomic E-state index is -3.71. The molecule has 7 nitrogen and oxygen atoms in total. The first kappa shape index (κ1) is 19.7. The highest BCUT2D eigenvalue weighted by Gasteiger charge is 2.17. The van der Waals surface area contributed by atoms with Gasteiger partial charge in [0.1, 0.15) is 0 Å². The standard InChI is InChI=1S/C18H14N4O3S4/c23-16(21-17-20-14(11-28-17)15-7-4-8-26-15)9-12-10-27-18(19-12)22-29(24,25)13-5-2-1-3-6-13/h1-8,10-11H,9H2,(H,19,22)(H,20,21,23).